The van der Waals surface area contributed by atoms with Gasteiger partial charge < -0.3 is 9.47 Å². The zero-order valence-corrected chi connectivity index (χ0v) is 12.1. The molecule has 102 valence electrons. The molecule has 0 unspecified atom stereocenters. The summed E-state index contributed by atoms with van der Waals surface area (Å²) in [5, 5.41) is 0. The quantitative estimate of drug-likeness (QED) is 0.813. The third-order valence-corrected chi connectivity index (χ3v) is 2.70. The van der Waals surface area contributed by atoms with E-state index in [0.29, 0.717) is 0 Å². The van der Waals surface area contributed by atoms with Crippen LogP contribution in [0.3, 0.4) is 0 Å². The summed E-state index contributed by atoms with van der Waals surface area (Å²) in [6, 6.07) is 16.4. The maximum Gasteiger partial charge on any atom is 0.160 e. The average molecular weight is 258 g/mol. The van der Waals surface area contributed by atoms with Crippen LogP contribution >= 0.6 is 0 Å². The minimum Gasteiger partial charge on any atom is -0.493 e. The van der Waals surface area contributed by atoms with Crippen molar-refractivity contribution in [1.29, 1.82) is 0 Å². The highest BCUT2D eigenvalue weighted by atomic mass is 16.5. The van der Waals surface area contributed by atoms with Crippen LogP contribution in [0.5, 0.6) is 11.5 Å². The molecular formula is C17H22O2. The van der Waals surface area contributed by atoms with E-state index in [1.165, 1.54) is 11.1 Å². The van der Waals surface area contributed by atoms with Crippen LogP contribution < -0.4 is 9.47 Å². The Kier molecular flexibility index (Phi) is 6.51. The van der Waals surface area contributed by atoms with E-state index < -0.39 is 0 Å². The number of rotatable bonds is 4. The van der Waals surface area contributed by atoms with Gasteiger partial charge in [0.2, 0.25) is 0 Å². The van der Waals surface area contributed by atoms with Gasteiger partial charge in [0.1, 0.15) is 0 Å². The van der Waals surface area contributed by atoms with Crippen molar-refractivity contribution in [3.05, 3.63) is 59.7 Å². The van der Waals surface area contributed by atoms with Crippen molar-refractivity contribution < 1.29 is 9.47 Å². The van der Waals surface area contributed by atoms with Gasteiger partial charge in [-0.2, -0.15) is 0 Å². The zero-order valence-electron chi connectivity index (χ0n) is 12.1. The van der Waals surface area contributed by atoms with Gasteiger partial charge in [-0.3, -0.25) is 0 Å². The van der Waals surface area contributed by atoms with Gasteiger partial charge in [-0.25, -0.2) is 0 Å². The summed E-state index contributed by atoms with van der Waals surface area (Å²) in [5.74, 6) is 1.55. The summed E-state index contributed by atoms with van der Waals surface area (Å²) in [6.45, 7) is 4.00. The Balaban J connectivity index is 0.000000861. The molecular weight excluding hydrogens is 236 g/mol. The minimum absolute atomic E-state index is 0.768. The van der Waals surface area contributed by atoms with Crippen molar-refractivity contribution in [3.63, 3.8) is 0 Å². The predicted molar refractivity (Wildman–Crippen MR) is 80.1 cm³/mol. The Morgan fingerprint density at radius 2 is 1.37 bits per heavy atom. The van der Waals surface area contributed by atoms with Gasteiger partial charge in [0, 0.05) is 0 Å². The fraction of sp³-hybridized carbons (Fsp3) is 0.294. The SMILES string of the molecule is CC.COc1ccc(Cc2ccccc2)cc1OC. The first-order chi connectivity index (χ1) is 9.33. The molecule has 0 amide bonds. The summed E-state index contributed by atoms with van der Waals surface area (Å²) in [6.07, 6.45) is 0.904. The van der Waals surface area contributed by atoms with Crippen LogP contribution in [0, 0.1) is 0 Å². The van der Waals surface area contributed by atoms with Crippen LogP contribution in [0.4, 0.5) is 0 Å². The first-order valence-corrected chi connectivity index (χ1v) is 6.58. The minimum atomic E-state index is 0.768. The molecule has 0 saturated heterocycles. The van der Waals surface area contributed by atoms with Crippen molar-refractivity contribution in [1.82, 2.24) is 0 Å². The molecule has 0 aliphatic heterocycles. The van der Waals surface area contributed by atoms with Crippen molar-refractivity contribution in [2.75, 3.05) is 14.2 Å². The van der Waals surface area contributed by atoms with Gasteiger partial charge in [-0.15, -0.1) is 0 Å². The van der Waals surface area contributed by atoms with Gasteiger partial charge in [-0.1, -0.05) is 50.2 Å². The second-order valence-corrected chi connectivity index (χ2v) is 3.85. The van der Waals surface area contributed by atoms with Crippen molar-refractivity contribution in [2.45, 2.75) is 20.3 Å². The van der Waals surface area contributed by atoms with Crippen LogP contribution in [-0.2, 0) is 6.42 Å². The lowest BCUT2D eigenvalue weighted by Gasteiger charge is -2.09. The number of hydrogen-bond donors (Lipinski definition) is 0. The van der Waals surface area contributed by atoms with Gasteiger partial charge >= 0.3 is 0 Å². The Hall–Kier alpha value is -1.96. The lowest BCUT2D eigenvalue weighted by molar-refractivity contribution is 0.354. The molecule has 2 nitrogen and oxygen atoms in total. The molecule has 0 saturated carbocycles. The van der Waals surface area contributed by atoms with E-state index in [1.807, 2.05) is 32.0 Å². The Morgan fingerprint density at radius 3 is 1.95 bits per heavy atom. The van der Waals surface area contributed by atoms with E-state index in [2.05, 4.69) is 30.3 Å². The van der Waals surface area contributed by atoms with E-state index in [4.69, 9.17) is 9.47 Å². The van der Waals surface area contributed by atoms with E-state index in [9.17, 15) is 0 Å². The fourth-order valence-corrected chi connectivity index (χ4v) is 1.82. The lowest BCUT2D eigenvalue weighted by atomic mass is 10.0. The van der Waals surface area contributed by atoms with E-state index >= 15 is 0 Å². The molecule has 2 aromatic rings. The summed E-state index contributed by atoms with van der Waals surface area (Å²) in [5.41, 5.74) is 2.51. The number of ether oxygens (including phenoxy) is 2. The monoisotopic (exact) mass is 258 g/mol. The highest BCUT2D eigenvalue weighted by Gasteiger charge is 2.04. The topological polar surface area (TPSA) is 18.5 Å². The van der Waals surface area contributed by atoms with E-state index in [1.54, 1.807) is 14.2 Å². The maximum atomic E-state index is 5.29. The van der Waals surface area contributed by atoms with Crippen LogP contribution in [-0.4, -0.2) is 14.2 Å². The molecule has 0 fully saturated rings. The lowest BCUT2D eigenvalue weighted by Crippen LogP contribution is -1.93. The fourth-order valence-electron chi connectivity index (χ4n) is 1.82. The Bertz CT molecular complexity index is 478. The zero-order chi connectivity index (χ0) is 14.1. The summed E-state index contributed by atoms with van der Waals surface area (Å²) >= 11 is 0. The standard InChI is InChI=1S/C15H16O2.C2H6/c1-16-14-9-8-13(11-15(14)17-2)10-12-6-4-3-5-7-12;1-2/h3-9,11H,10H2,1-2H3;1-2H3. The summed E-state index contributed by atoms with van der Waals surface area (Å²) in [7, 11) is 3.30. The normalized spacial score (nSPS) is 9.26. The molecule has 2 rings (SSSR count). The average Bonchev–Trinajstić information content (AvgIpc) is 2.50. The third kappa shape index (κ3) is 4.32. The first kappa shape index (κ1) is 15.1. The number of hydrogen-bond acceptors (Lipinski definition) is 2. The van der Waals surface area contributed by atoms with Crippen LogP contribution in [0.25, 0.3) is 0 Å². The van der Waals surface area contributed by atoms with Crippen LogP contribution in [0.2, 0.25) is 0 Å². The highest BCUT2D eigenvalue weighted by Crippen LogP contribution is 2.28. The second kappa shape index (κ2) is 8.20. The first-order valence-electron chi connectivity index (χ1n) is 6.58. The highest BCUT2D eigenvalue weighted by molar-refractivity contribution is 5.44. The molecule has 0 radical (unpaired) electrons. The van der Waals surface area contributed by atoms with Crippen LogP contribution in [0.1, 0.15) is 25.0 Å². The molecule has 0 aliphatic rings. The molecule has 2 aromatic carbocycles. The smallest absolute Gasteiger partial charge is 0.160 e. The molecule has 0 atom stereocenters. The number of benzene rings is 2. The maximum absolute atomic E-state index is 5.29. The van der Waals surface area contributed by atoms with Gasteiger partial charge in [-0.05, 0) is 29.7 Å². The van der Waals surface area contributed by atoms with E-state index in [0.717, 1.165) is 17.9 Å². The third-order valence-electron chi connectivity index (χ3n) is 2.70. The van der Waals surface area contributed by atoms with Gasteiger partial charge in [0.05, 0.1) is 14.2 Å². The molecule has 0 spiro atoms. The molecule has 0 aromatic heterocycles. The predicted octanol–water partition coefficient (Wildman–Crippen LogP) is 4.32. The van der Waals surface area contributed by atoms with Crippen molar-refractivity contribution >= 4 is 0 Å². The molecule has 19 heavy (non-hydrogen) atoms. The summed E-state index contributed by atoms with van der Waals surface area (Å²) < 4.78 is 10.5. The van der Waals surface area contributed by atoms with Gasteiger partial charge in [0.15, 0.2) is 11.5 Å². The Morgan fingerprint density at radius 1 is 0.737 bits per heavy atom. The molecule has 0 bridgehead atoms. The van der Waals surface area contributed by atoms with Crippen LogP contribution in [0.15, 0.2) is 48.5 Å². The molecule has 0 aliphatic carbocycles. The largest absolute Gasteiger partial charge is 0.493 e. The molecule has 0 heterocycles. The summed E-state index contributed by atoms with van der Waals surface area (Å²) in [4.78, 5) is 0. The molecule has 0 N–H and O–H groups in total. The van der Waals surface area contributed by atoms with E-state index in [-0.39, 0.29) is 0 Å². The second-order valence-electron chi connectivity index (χ2n) is 3.85. The van der Waals surface area contributed by atoms with Crippen molar-refractivity contribution in [3.8, 4) is 11.5 Å². The van der Waals surface area contributed by atoms with Crippen molar-refractivity contribution in [2.24, 2.45) is 0 Å². The Labute approximate surface area is 116 Å². The number of methoxy groups -OCH3 is 2. The molecule has 2 heteroatoms. The van der Waals surface area contributed by atoms with Gasteiger partial charge in [0.25, 0.3) is 0 Å².